The van der Waals surface area contributed by atoms with E-state index in [1.54, 1.807) is 36.5 Å². The van der Waals surface area contributed by atoms with Crippen LogP contribution in [0.3, 0.4) is 0 Å². The lowest BCUT2D eigenvalue weighted by Crippen LogP contribution is -2.32. The van der Waals surface area contributed by atoms with Crippen LogP contribution in [0.1, 0.15) is 35.3 Å². The van der Waals surface area contributed by atoms with E-state index in [0.29, 0.717) is 30.9 Å². The number of nitrogens with zero attached hydrogens (tertiary/aromatic N) is 6. The Morgan fingerprint density at radius 3 is 3.04 bits per heavy atom. The SMILES string of the molecule is Cn1nccc1C(O)c1cc2n(n1)CCCN(C(=O)Cc1cnc[nH]1)C2. The van der Waals surface area contributed by atoms with Gasteiger partial charge in [0.25, 0.3) is 0 Å². The summed E-state index contributed by atoms with van der Waals surface area (Å²) < 4.78 is 3.52. The minimum atomic E-state index is -0.837. The molecule has 0 radical (unpaired) electrons. The van der Waals surface area contributed by atoms with Gasteiger partial charge < -0.3 is 15.0 Å². The maximum atomic E-state index is 12.6. The molecule has 9 nitrogen and oxygen atoms in total. The summed E-state index contributed by atoms with van der Waals surface area (Å²) in [5, 5.41) is 19.2. The van der Waals surface area contributed by atoms with Gasteiger partial charge in [0.15, 0.2) is 0 Å². The Labute approximate surface area is 150 Å². The van der Waals surface area contributed by atoms with E-state index in [1.165, 1.54) is 0 Å². The molecule has 0 saturated carbocycles. The number of aliphatic hydroxyl groups excluding tert-OH is 1. The lowest BCUT2D eigenvalue weighted by atomic mass is 10.1. The van der Waals surface area contributed by atoms with Gasteiger partial charge in [-0.3, -0.25) is 14.2 Å². The number of rotatable bonds is 4. The first kappa shape index (κ1) is 16.5. The molecule has 136 valence electrons. The van der Waals surface area contributed by atoms with Crippen molar-refractivity contribution in [1.82, 2.24) is 34.4 Å². The van der Waals surface area contributed by atoms with Crippen LogP contribution in [0.2, 0.25) is 0 Å². The van der Waals surface area contributed by atoms with Crippen LogP contribution in [-0.4, -0.2) is 52.0 Å². The number of fused-ring (bicyclic) bond motifs is 1. The molecule has 0 spiro atoms. The summed E-state index contributed by atoms with van der Waals surface area (Å²) in [6.45, 7) is 1.90. The Balaban J connectivity index is 1.52. The van der Waals surface area contributed by atoms with Crippen molar-refractivity contribution < 1.29 is 9.90 Å². The summed E-state index contributed by atoms with van der Waals surface area (Å²) in [5.74, 6) is 0.0534. The molecule has 3 aromatic heterocycles. The number of aryl methyl sites for hydroxylation is 2. The second-order valence-corrected chi connectivity index (χ2v) is 6.49. The van der Waals surface area contributed by atoms with Crippen molar-refractivity contribution in [1.29, 1.82) is 0 Å². The van der Waals surface area contributed by atoms with Gasteiger partial charge in [-0.1, -0.05) is 0 Å². The Morgan fingerprint density at radius 2 is 2.31 bits per heavy atom. The highest BCUT2D eigenvalue weighted by Crippen LogP contribution is 2.23. The number of aliphatic hydroxyl groups is 1. The summed E-state index contributed by atoms with van der Waals surface area (Å²) in [4.78, 5) is 21.3. The van der Waals surface area contributed by atoms with Crippen molar-refractivity contribution in [2.75, 3.05) is 6.54 Å². The number of amides is 1. The summed E-state index contributed by atoms with van der Waals surface area (Å²) in [6, 6.07) is 3.65. The monoisotopic (exact) mass is 355 g/mol. The quantitative estimate of drug-likeness (QED) is 0.705. The maximum Gasteiger partial charge on any atom is 0.228 e. The maximum absolute atomic E-state index is 12.6. The third-order valence-electron chi connectivity index (χ3n) is 4.70. The average Bonchev–Trinajstić information content (AvgIpc) is 3.34. The van der Waals surface area contributed by atoms with E-state index in [2.05, 4.69) is 20.2 Å². The van der Waals surface area contributed by atoms with E-state index < -0.39 is 6.10 Å². The van der Waals surface area contributed by atoms with Crippen LogP contribution >= 0.6 is 0 Å². The minimum Gasteiger partial charge on any atom is -0.380 e. The Morgan fingerprint density at radius 1 is 1.42 bits per heavy atom. The second kappa shape index (κ2) is 6.75. The van der Waals surface area contributed by atoms with Crippen molar-refractivity contribution in [2.45, 2.75) is 32.0 Å². The van der Waals surface area contributed by atoms with Crippen LogP contribution in [0.5, 0.6) is 0 Å². The zero-order chi connectivity index (χ0) is 18.1. The van der Waals surface area contributed by atoms with Gasteiger partial charge in [-0.2, -0.15) is 10.2 Å². The van der Waals surface area contributed by atoms with Crippen LogP contribution in [0.4, 0.5) is 0 Å². The molecule has 1 aliphatic heterocycles. The van der Waals surface area contributed by atoms with Crippen molar-refractivity contribution >= 4 is 5.91 Å². The zero-order valence-corrected chi connectivity index (χ0v) is 14.5. The molecule has 0 bridgehead atoms. The molecule has 0 aliphatic carbocycles. The molecule has 26 heavy (non-hydrogen) atoms. The van der Waals surface area contributed by atoms with Gasteiger partial charge in [0, 0.05) is 38.2 Å². The van der Waals surface area contributed by atoms with Gasteiger partial charge in [0.2, 0.25) is 5.91 Å². The molecule has 3 aromatic rings. The molecule has 1 unspecified atom stereocenters. The standard InChI is InChI=1S/C17H21N7O2/c1-22-15(3-4-20-22)17(26)14-8-13-10-23(5-2-6-24(13)21-14)16(25)7-12-9-18-11-19-12/h3-4,8-9,11,17,26H,2,5-7,10H2,1H3,(H,18,19). The van der Waals surface area contributed by atoms with Crippen molar-refractivity contribution in [3.8, 4) is 0 Å². The van der Waals surface area contributed by atoms with Crippen molar-refractivity contribution in [3.05, 3.63) is 53.6 Å². The topological polar surface area (TPSA) is 105 Å². The first-order valence-electron chi connectivity index (χ1n) is 8.59. The lowest BCUT2D eigenvalue weighted by molar-refractivity contribution is -0.131. The van der Waals surface area contributed by atoms with E-state index in [4.69, 9.17) is 0 Å². The molecule has 4 rings (SSSR count). The molecule has 9 heteroatoms. The highest BCUT2D eigenvalue weighted by Gasteiger charge is 2.24. The number of imidazole rings is 1. The number of carbonyl (C=O) groups is 1. The van der Waals surface area contributed by atoms with Gasteiger partial charge in [0.05, 0.1) is 36.4 Å². The van der Waals surface area contributed by atoms with Gasteiger partial charge >= 0.3 is 0 Å². The fourth-order valence-electron chi connectivity index (χ4n) is 3.29. The van der Waals surface area contributed by atoms with E-state index >= 15 is 0 Å². The van der Waals surface area contributed by atoms with Crippen molar-refractivity contribution in [2.24, 2.45) is 7.05 Å². The molecule has 0 aromatic carbocycles. The van der Waals surface area contributed by atoms with Crippen LogP contribution < -0.4 is 0 Å². The van der Waals surface area contributed by atoms with Crippen LogP contribution in [0.25, 0.3) is 0 Å². The summed E-state index contributed by atoms with van der Waals surface area (Å²) >= 11 is 0. The number of hydrogen-bond donors (Lipinski definition) is 2. The Bertz CT molecular complexity index is 896. The van der Waals surface area contributed by atoms with Gasteiger partial charge in [-0.25, -0.2) is 4.98 Å². The predicted octanol–water partition coefficient (Wildman–Crippen LogP) is 0.396. The Kier molecular flexibility index (Phi) is 4.29. The summed E-state index contributed by atoms with van der Waals surface area (Å²) in [5.41, 5.74) is 2.99. The second-order valence-electron chi connectivity index (χ2n) is 6.49. The molecule has 1 aliphatic rings. The van der Waals surface area contributed by atoms with Crippen LogP contribution in [-0.2, 0) is 31.4 Å². The van der Waals surface area contributed by atoms with Gasteiger partial charge in [-0.05, 0) is 18.6 Å². The first-order valence-corrected chi connectivity index (χ1v) is 8.59. The van der Waals surface area contributed by atoms with Gasteiger partial charge in [0.1, 0.15) is 6.10 Å². The zero-order valence-electron chi connectivity index (χ0n) is 14.5. The molecule has 0 saturated heterocycles. The fraction of sp³-hybridized carbons (Fsp3) is 0.412. The largest absolute Gasteiger partial charge is 0.380 e. The predicted molar refractivity (Wildman–Crippen MR) is 91.8 cm³/mol. The molecule has 1 amide bonds. The smallest absolute Gasteiger partial charge is 0.228 e. The molecule has 4 heterocycles. The molecule has 1 atom stereocenters. The van der Waals surface area contributed by atoms with Crippen LogP contribution in [0, 0.1) is 0 Å². The first-order chi connectivity index (χ1) is 12.6. The number of nitrogens with one attached hydrogen (secondary N) is 1. The number of hydrogen-bond acceptors (Lipinski definition) is 5. The number of carbonyl (C=O) groups excluding carboxylic acids is 1. The highest BCUT2D eigenvalue weighted by atomic mass is 16.3. The lowest BCUT2D eigenvalue weighted by Gasteiger charge is -2.19. The number of aromatic nitrogens is 6. The number of H-pyrrole nitrogens is 1. The molecule has 2 N–H and O–H groups in total. The minimum absolute atomic E-state index is 0.0534. The third-order valence-corrected chi connectivity index (χ3v) is 4.70. The average molecular weight is 355 g/mol. The van der Waals surface area contributed by atoms with E-state index in [1.807, 2.05) is 15.6 Å². The normalized spacial score (nSPS) is 15.5. The fourth-order valence-corrected chi connectivity index (χ4v) is 3.29. The van der Waals surface area contributed by atoms with E-state index in [-0.39, 0.29) is 5.91 Å². The van der Waals surface area contributed by atoms with Crippen LogP contribution in [0.15, 0.2) is 30.9 Å². The van der Waals surface area contributed by atoms with E-state index in [9.17, 15) is 9.90 Å². The van der Waals surface area contributed by atoms with Crippen molar-refractivity contribution in [3.63, 3.8) is 0 Å². The van der Waals surface area contributed by atoms with Gasteiger partial charge in [-0.15, -0.1) is 0 Å². The molecule has 0 fully saturated rings. The molecular weight excluding hydrogens is 334 g/mol. The highest BCUT2D eigenvalue weighted by molar-refractivity contribution is 5.78. The summed E-state index contributed by atoms with van der Waals surface area (Å²) in [6.07, 6.45) is 5.18. The number of aromatic amines is 1. The Hall–Kier alpha value is -2.94. The van der Waals surface area contributed by atoms with E-state index in [0.717, 1.165) is 24.4 Å². The summed E-state index contributed by atoms with van der Waals surface area (Å²) in [7, 11) is 1.79. The molecular formula is C17H21N7O2. The third kappa shape index (κ3) is 3.13.